The Hall–Kier alpha value is -1.67. The van der Waals surface area contributed by atoms with Crippen LogP contribution in [-0.4, -0.2) is 39.6 Å². The molecular formula is C14H16N2O2S. The molecule has 0 N–H and O–H groups in total. The Bertz CT molecular complexity index is 500. The maximum absolute atomic E-state index is 12.2. The minimum absolute atomic E-state index is 0.136. The van der Waals surface area contributed by atoms with Crippen LogP contribution in [0.2, 0.25) is 0 Å². The fraction of sp³-hybridized carbons (Fsp3) is 0.429. The van der Waals surface area contributed by atoms with E-state index in [1.165, 1.54) is 0 Å². The third-order valence-electron chi connectivity index (χ3n) is 3.23. The van der Waals surface area contributed by atoms with E-state index in [-0.39, 0.29) is 5.91 Å². The lowest BCUT2D eigenvalue weighted by molar-refractivity contribution is -0.133. The molecule has 0 radical (unpaired) electrons. The first-order valence-corrected chi connectivity index (χ1v) is 7.77. The number of nitriles is 1. The zero-order valence-electron chi connectivity index (χ0n) is 10.6. The van der Waals surface area contributed by atoms with Gasteiger partial charge in [0.1, 0.15) is 5.92 Å². The second-order valence-corrected chi connectivity index (χ2v) is 6.24. The summed E-state index contributed by atoms with van der Waals surface area (Å²) in [5.41, 5.74) is 0.989. The standard InChI is InChI=1S/C14H16N2O2S/c15-11-13(10-12-4-2-1-3-5-12)14(17)16-6-8-19(18)9-7-16/h1-5,13H,6-10H2. The van der Waals surface area contributed by atoms with Gasteiger partial charge in [-0.2, -0.15) is 5.26 Å². The van der Waals surface area contributed by atoms with Gasteiger partial charge in [0.2, 0.25) is 5.91 Å². The van der Waals surface area contributed by atoms with Crippen LogP contribution in [0, 0.1) is 17.2 Å². The second kappa shape index (κ2) is 6.48. The summed E-state index contributed by atoms with van der Waals surface area (Å²) in [6, 6.07) is 11.6. The maximum atomic E-state index is 12.2. The molecule has 1 fully saturated rings. The molecule has 5 heteroatoms. The van der Waals surface area contributed by atoms with Crippen LogP contribution in [0.3, 0.4) is 0 Å². The predicted octanol–water partition coefficient (Wildman–Crippen LogP) is 0.960. The van der Waals surface area contributed by atoms with Gasteiger partial charge in [-0.25, -0.2) is 0 Å². The quantitative estimate of drug-likeness (QED) is 0.826. The third kappa shape index (κ3) is 3.65. The molecule has 1 aliphatic heterocycles. The van der Waals surface area contributed by atoms with Crippen molar-refractivity contribution < 1.29 is 9.00 Å². The highest BCUT2D eigenvalue weighted by Crippen LogP contribution is 2.13. The van der Waals surface area contributed by atoms with Gasteiger partial charge in [-0.05, 0) is 12.0 Å². The van der Waals surface area contributed by atoms with Crippen molar-refractivity contribution in [2.75, 3.05) is 24.6 Å². The average Bonchev–Trinajstić information content (AvgIpc) is 2.46. The SMILES string of the molecule is N#CC(Cc1ccccc1)C(=O)N1CCS(=O)CC1. The Kier molecular flexibility index (Phi) is 4.69. The summed E-state index contributed by atoms with van der Waals surface area (Å²) in [6.07, 6.45) is 0.440. The molecule has 4 nitrogen and oxygen atoms in total. The zero-order valence-corrected chi connectivity index (χ0v) is 11.4. The highest BCUT2D eigenvalue weighted by molar-refractivity contribution is 7.85. The third-order valence-corrected chi connectivity index (χ3v) is 4.50. The van der Waals surface area contributed by atoms with E-state index in [1.807, 2.05) is 30.3 Å². The summed E-state index contributed by atoms with van der Waals surface area (Å²) in [4.78, 5) is 13.9. The van der Waals surface area contributed by atoms with Crippen molar-refractivity contribution >= 4 is 16.7 Å². The van der Waals surface area contributed by atoms with Gasteiger partial charge >= 0.3 is 0 Å². The van der Waals surface area contributed by atoms with Crippen molar-refractivity contribution in [1.29, 1.82) is 5.26 Å². The number of carbonyl (C=O) groups is 1. The normalized spacial score (nSPS) is 17.7. The van der Waals surface area contributed by atoms with Crippen molar-refractivity contribution in [2.24, 2.45) is 5.92 Å². The number of carbonyl (C=O) groups excluding carboxylic acids is 1. The van der Waals surface area contributed by atoms with Gasteiger partial charge < -0.3 is 4.90 Å². The molecule has 19 heavy (non-hydrogen) atoms. The van der Waals surface area contributed by atoms with Gasteiger partial charge in [-0.15, -0.1) is 0 Å². The molecule has 0 aliphatic carbocycles. The minimum Gasteiger partial charge on any atom is -0.340 e. The van der Waals surface area contributed by atoms with E-state index in [0.29, 0.717) is 31.0 Å². The first kappa shape index (κ1) is 13.8. The van der Waals surface area contributed by atoms with Gasteiger partial charge in [0.15, 0.2) is 0 Å². The van der Waals surface area contributed by atoms with Crippen molar-refractivity contribution in [3.63, 3.8) is 0 Å². The van der Waals surface area contributed by atoms with E-state index in [1.54, 1.807) is 4.90 Å². The van der Waals surface area contributed by atoms with Gasteiger partial charge in [-0.1, -0.05) is 30.3 Å². The molecule has 100 valence electrons. The van der Waals surface area contributed by atoms with Gasteiger partial charge in [0, 0.05) is 35.4 Å². The smallest absolute Gasteiger partial charge is 0.240 e. The number of hydrogen-bond donors (Lipinski definition) is 0. The highest BCUT2D eigenvalue weighted by Gasteiger charge is 2.27. The van der Waals surface area contributed by atoms with Crippen LogP contribution in [-0.2, 0) is 22.0 Å². The molecule has 1 atom stereocenters. The van der Waals surface area contributed by atoms with Crippen LogP contribution in [0.15, 0.2) is 30.3 Å². The van der Waals surface area contributed by atoms with Crippen LogP contribution in [0.5, 0.6) is 0 Å². The number of amides is 1. The Labute approximate surface area is 115 Å². The molecule has 1 aliphatic rings. The minimum atomic E-state index is -0.807. The largest absolute Gasteiger partial charge is 0.340 e. The molecule has 1 aromatic rings. The van der Waals surface area contributed by atoms with E-state index < -0.39 is 16.7 Å². The molecule has 1 unspecified atom stereocenters. The molecule has 0 saturated carbocycles. The van der Waals surface area contributed by atoms with Crippen molar-refractivity contribution in [2.45, 2.75) is 6.42 Å². The lowest BCUT2D eigenvalue weighted by Gasteiger charge is -2.28. The number of rotatable bonds is 3. The second-order valence-electron chi connectivity index (χ2n) is 4.54. The predicted molar refractivity (Wildman–Crippen MR) is 73.7 cm³/mol. The number of benzene rings is 1. The summed E-state index contributed by atoms with van der Waals surface area (Å²) in [5, 5.41) is 9.18. The fourth-order valence-corrected chi connectivity index (χ4v) is 3.17. The Balaban J connectivity index is 2.00. The summed E-state index contributed by atoms with van der Waals surface area (Å²) >= 11 is 0. The van der Waals surface area contributed by atoms with Gasteiger partial charge in [0.25, 0.3) is 0 Å². The van der Waals surface area contributed by atoms with Crippen LogP contribution >= 0.6 is 0 Å². The Morgan fingerprint density at radius 2 is 1.95 bits per heavy atom. The molecule has 1 heterocycles. The van der Waals surface area contributed by atoms with E-state index in [2.05, 4.69) is 6.07 Å². The molecule has 0 spiro atoms. The lowest BCUT2D eigenvalue weighted by Crippen LogP contribution is -2.44. The Morgan fingerprint density at radius 1 is 1.32 bits per heavy atom. The van der Waals surface area contributed by atoms with Crippen LogP contribution in [0.1, 0.15) is 5.56 Å². The average molecular weight is 276 g/mol. The molecule has 0 bridgehead atoms. The van der Waals surface area contributed by atoms with Crippen LogP contribution < -0.4 is 0 Å². The first-order chi connectivity index (χ1) is 9.20. The van der Waals surface area contributed by atoms with Gasteiger partial charge in [-0.3, -0.25) is 9.00 Å². The molecular weight excluding hydrogens is 260 g/mol. The zero-order chi connectivity index (χ0) is 13.7. The molecule has 0 aromatic heterocycles. The van der Waals surface area contributed by atoms with E-state index in [0.717, 1.165) is 5.56 Å². The van der Waals surface area contributed by atoms with E-state index in [4.69, 9.17) is 0 Å². The van der Waals surface area contributed by atoms with Crippen LogP contribution in [0.25, 0.3) is 0 Å². The summed E-state index contributed by atoms with van der Waals surface area (Å²) in [5.74, 6) is 0.266. The fourth-order valence-electron chi connectivity index (χ4n) is 2.12. The summed E-state index contributed by atoms with van der Waals surface area (Å²) < 4.78 is 11.3. The summed E-state index contributed by atoms with van der Waals surface area (Å²) in [7, 11) is -0.807. The van der Waals surface area contributed by atoms with E-state index in [9.17, 15) is 14.3 Å². The molecule has 2 rings (SSSR count). The maximum Gasteiger partial charge on any atom is 0.240 e. The molecule has 1 aromatic carbocycles. The molecule has 1 saturated heterocycles. The Morgan fingerprint density at radius 3 is 2.53 bits per heavy atom. The van der Waals surface area contributed by atoms with Crippen molar-refractivity contribution in [1.82, 2.24) is 4.90 Å². The number of hydrogen-bond acceptors (Lipinski definition) is 3. The monoisotopic (exact) mass is 276 g/mol. The highest BCUT2D eigenvalue weighted by atomic mass is 32.2. The lowest BCUT2D eigenvalue weighted by atomic mass is 9.99. The number of nitrogens with zero attached hydrogens (tertiary/aromatic N) is 2. The first-order valence-electron chi connectivity index (χ1n) is 6.28. The molecule has 1 amide bonds. The van der Waals surface area contributed by atoms with Crippen LogP contribution in [0.4, 0.5) is 0 Å². The van der Waals surface area contributed by atoms with E-state index >= 15 is 0 Å². The van der Waals surface area contributed by atoms with Crippen molar-refractivity contribution in [3.05, 3.63) is 35.9 Å². The summed E-state index contributed by atoms with van der Waals surface area (Å²) in [6.45, 7) is 0.997. The topological polar surface area (TPSA) is 61.2 Å². The van der Waals surface area contributed by atoms with Crippen molar-refractivity contribution in [3.8, 4) is 6.07 Å². The van der Waals surface area contributed by atoms with Gasteiger partial charge in [0.05, 0.1) is 6.07 Å².